The van der Waals surface area contributed by atoms with Crippen molar-refractivity contribution < 1.29 is 4.79 Å². The summed E-state index contributed by atoms with van der Waals surface area (Å²) in [6, 6.07) is 9.97. The van der Waals surface area contributed by atoms with Crippen LogP contribution in [0.1, 0.15) is 5.56 Å². The van der Waals surface area contributed by atoms with Gasteiger partial charge in [-0.2, -0.15) is 0 Å². The average Bonchev–Trinajstić information content (AvgIpc) is 2.06. The van der Waals surface area contributed by atoms with E-state index in [9.17, 15) is 4.79 Å². The molecule has 0 bridgehead atoms. The first-order valence-corrected chi connectivity index (χ1v) is 4.47. The number of benzene rings is 1. The summed E-state index contributed by atoms with van der Waals surface area (Å²) in [4.78, 5) is 10.3. The van der Waals surface area contributed by atoms with Crippen LogP contribution in [0.3, 0.4) is 0 Å². The SMILES string of the molecule is O=CC([Se])Cc1ccccc1. The summed E-state index contributed by atoms with van der Waals surface area (Å²) in [5.74, 6) is 0. The molecular weight excluding hydrogens is 203 g/mol. The number of hydrogen-bond donors (Lipinski definition) is 0. The molecule has 2 heteroatoms. The summed E-state index contributed by atoms with van der Waals surface area (Å²) in [6.45, 7) is 0. The van der Waals surface area contributed by atoms with Crippen LogP contribution in [0.4, 0.5) is 0 Å². The molecule has 11 heavy (non-hydrogen) atoms. The van der Waals surface area contributed by atoms with Crippen molar-refractivity contribution in [1.29, 1.82) is 0 Å². The van der Waals surface area contributed by atoms with Gasteiger partial charge in [0.2, 0.25) is 0 Å². The van der Waals surface area contributed by atoms with Crippen LogP contribution in [0, 0.1) is 0 Å². The maximum absolute atomic E-state index is 10.3. The third kappa shape index (κ3) is 2.87. The van der Waals surface area contributed by atoms with Gasteiger partial charge in [0, 0.05) is 0 Å². The van der Waals surface area contributed by atoms with Crippen LogP contribution in [-0.2, 0) is 11.2 Å². The monoisotopic (exact) mass is 213 g/mol. The maximum atomic E-state index is 10.3. The molecule has 0 aliphatic carbocycles. The van der Waals surface area contributed by atoms with Crippen molar-refractivity contribution in [3.63, 3.8) is 0 Å². The second-order valence-electron chi connectivity index (χ2n) is 2.36. The summed E-state index contributed by atoms with van der Waals surface area (Å²) >= 11 is 2.81. The van der Waals surface area contributed by atoms with Crippen molar-refractivity contribution in [2.75, 3.05) is 0 Å². The fourth-order valence-electron chi connectivity index (χ4n) is 0.895. The summed E-state index contributed by atoms with van der Waals surface area (Å²) in [7, 11) is 0. The van der Waals surface area contributed by atoms with E-state index in [1.807, 2.05) is 30.3 Å². The number of hydrogen-bond acceptors (Lipinski definition) is 1. The Labute approximate surface area is 74.6 Å². The van der Waals surface area contributed by atoms with Crippen molar-refractivity contribution in [2.24, 2.45) is 0 Å². The van der Waals surface area contributed by atoms with E-state index in [1.165, 1.54) is 5.56 Å². The fourth-order valence-corrected chi connectivity index (χ4v) is 1.30. The van der Waals surface area contributed by atoms with Gasteiger partial charge >= 0.3 is 74.2 Å². The molecule has 1 nitrogen and oxygen atoms in total. The van der Waals surface area contributed by atoms with Crippen molar-refractivity contribution in [1.82, 2.24) is 0 Å². The van der Waals surface area contributed by atoms with Crippen LogP contribution in [-0.4, -0.2) is 22.3 Å². The molecule has 0 saturated carbocycles. The summed E-state index contributed by atoms with van der Waals surface area (Å²) < 4.78 is 0. The second-order valence-corrected chi connectivity index (χ2v) is 3.63. The molecule has 0 aromatic heterocycles. The summed E-state index contributed by atoms with van der Waals surface area (Å²) in [6.07, 6.45) is 1.73. The van der Waals surface area contributed by atoms with E-state index in [2.05, 4.69) is 16.0 Å². The van der Waals surface area contributed by atoms with E-state index in [0.29, 0.717) is 0 Å². The van der Waals surface area contributed by atoms with Crippen LogP contribution >= 0.6 is 0 Å². The van der Waals surface area contributed by atoms with E-state index in [4.69, 9.17) is 0 Å². The molecular formula is C9H9OSe. The van der Waals surface area contributed by atoms with Gasteiger partial charge in [0.15, 0.2) is 0 Å². The van der Waals surface area contributed by atoms with E-state index in [-0.39, 0.29) is 4.82 Å². The number of carbonyl (C=O) groups is 1. The van der Waals surface area contributed by atoms with Gasteiger partial charge in [0.25, 0.3) is 0 Å². The average molecular weight is 212 g/mol. The first-order valence-electron chi connectivity index (χ1n) is 3.48. The van der Waals surface area contributed by atoms with Gasteiger partial charge in [-0.3, -0.25) is 0 Å². The Morgan fingerprint density at radius 1 is 1.36 bits per heavy atom. The van der Waals surface area contributed by atoms with Crippen LogP contribution in [0.15, 0.2) is 30.3 Å². The Balaban J connectivity index is 2.57. The molecule has 0 N–H and O–H groups in total. The molecule has 57 valence electrons. The molecule has 1 atom stereocenters. The number of rotatable bonds is 3. The van der Waals surface area contributed by atoms with Gasteiger partial charge < -0.3 is 0 Å². The summed E-state index contributed by atoms with van der Waals surface area (Å²) in [5, 5.41) is 0. The zero-order valence-electron chi connectivity index (χ0n) is 6.07. The minimum absolute atomic E-state index is 0.0115. The second kappa shape index (κ2) is 4.32. The fraction of sp³-hybridized carbons (Fsp3) is 0.222. The Morgan fingerprint density at radius 3 is 2.55 bits per heavy atom. The van der Waals surface area contributed by atoms with Gasteiger partial charge in [-0.05, 0) is 0 Å². The molecule has 0 spiro atoms. The van der Waals surface area contributed by atoms with Crippen LogP contribution in [0.5, 0.6) is 0 Å². The first kappa shape index (κ1) is 8.51. The van der Waals surface area contributed by atoms with E-state index >= 15 is 0 Å². The Morgan fingerprint density at radius 2 is 2.00 bits per heavy atom. The standard InChI is InChI=1S/C9H9OSe/c10-7-9(11)6-8-4-2-1-3-5-8/h1-5,7,9H,6H2. The predicted molar refractivity (Wildman–Crippen MR) is 45.7 cm³/mol. The molecule has 1 rings (SSSR count). The molecule has 1 aromatic carbocycles. The van der Waals surface area contributed by atoms with Gasteiger partial charge in [0.1, 0.15) is 0 Å². The Hall–Kier alpha value is -0.591. The van der Waals surface area contributed by atoms with Gasteiger partial charge in [-0.15, -0.1) is 0 Å². The molecule has 0 aliphatic rings. The number of aldehydes is 1. The first-order chi connectivity index (χ1) is 5.33. The molecule has 1 aromatic rings. The number of carbonyl (C=O) groups excluding carboxylic acids is 1. The van der Waals surface area contributed by atoms with E-state index in [0.717, 1.165) is 12.7 Å². The minimum atomic E-state index is 0.0115. The third-order valence-corrected chi connectivity index (χ3v) is 2.01. The van der Waals surface area contributed by atoms with Gasteiger partial charge in [-0.25, -0.2) is 0 Å². The zero-order chi connectivity index (χ0) is 8.10. The van der Waals surface area contributed by atoms with Crippen molar-refractivity contribution in [3.05, 3.63) is 35.9 Å². The topological polar surface area (TPSA) is 17.1 Å². The van der Waals surface area contributed by atoms with Crippen LogP contribution in [0.2, 0.25) is 4.82 Å². The normalized spacial score (nSPS) is 12.5. The van der Waals surface area contributed by atoms with Crippen LogP contribution in [0.25, 0.3) is 0 Å². The van der Waals surface area contributed by atoms with E-state index < -0.39 is 0 Å². The van der Waals surface area contributed by atoms with Crippen molar-refractivity contribution in [2.45, 2.75) is 11.2 Å². The quantitative estimate of drug-likeness (QED) is 0.546. The predicted octanol–water partition coefficient (Wildman–Crippen LogP) is 1.39. The molecule has 0 saturated heterocycles. The molecule has 0 fully saturated rings. The molecule has 0 heterocycles. The molecule has 0 aliphatic heterocycles. The van der Waals surface area contributed by atoms with Crippen molar-refractivity contribution >= 4 is 22.3 Å². The Kier molecular flexibility index (Phi) is 3.34. The Bertz CT molecular complexity index is 220. The van der Waals surface area contributed by atoms with Crippen molar-refractivity contribution in [3.8, 4) is 0 Å². The van der Waals surface area contributed by atoms with Crippen LogP contribution < -0.4 is 0 Å². The van der Waals surface area contributed by atoms with E-state index in [1.54, 1.807) is 0 Å². The summed E-state index contributed by atoms with van der Waals surface area (Å²) in [5.41, 5.74) is 1.20. The van der Waals surface area contributed by atoms with Gasteiger partial charge in [-0.1, -0.05) is 0 Å². The zero-order valence-corrected chi connectivity index (χ0v) is 7.78. The molecule has 0 amide bonds. The molecule has 1 radical (unpaired) electrons. The molecule has 1 unspecified atom stereocenters. The third-order valence-electron chi connectivity index (χ3n) is 1.43. The van der Waals surface area contributed by atoms with Gasteiger partial charge in [0.05, 0.1) is 0 Å².